The van der Waals surface area contributed by atoms with Crippen LogP contribution in [-0.4, -0.2) is 21.1 Å². The Morgan fingerprint density at radius 2 is 1.95 bits per heavy atom. The van der Waals surface area contributed by atoms with Gasteiger partial charge < -0.3 is 0 Å². The minimum absolute atomic E-state index is 0.261. The molecule has 1 aromatic carbocycles. The van der Waals surface area contributed by atoms with Gasteiger partial charge in [0.15, 0.2) is 0 Å². The molecule has 2 rings (SSSR count). The molecule has 0 atom stereocenters. The lowest BCUT2D eigenvalue weighted by molar-refractivity contribution is 0.730. The lowest BCUT2D eigenvalue weighted by atomic mass is 10.3. The van der Waals surface area contributed by atoms with Crippen LogP contribution in [0.15, 0.2) is 35.1 Å². The zero-order chi connectivity index (χ0) is 13.8. The van der Waals surface area contributed by atoms with Gasteiger partial charge in [-0.2, -0.15) is 9.97 Å². The predicted octanol–water partition coefficient (Wildman–Crippen LogP) is 1.03. The smallest absolute Gasteiger partial charge is 0.279 e. The van der Waals surface area contributed by atoms with Gasteiger partial charge in [0, 0.05) is 6.54 Å². The number of hydrazine groups is 1. The van der Waals surface area contributed by atoms with Crippen molar-refractivity contribution < 1.29 is 0 Å². The van der Waals surface area contributed by atoms with Gasteiger partial charge in [0.2, 0.25) is 5.95 Å². The van der Waals surface area contributed by atoms with Crippen molar-refractivity contribution in [1.82, 2.24) is 14.5 Å². The molecule has 0 aliphatic carbocycles. The second-order valence-corrected chi connectivity index (χ2v) is 4.22. The van der Waals surface area contributed by atoms with Gasteiger partial charge in [0.05, 0.1) is 5.69 Å². The number of aryl methyl sites for hydroxylation is 1. The summed E-state index contributed by atoms with van der Waals surface area (Å²) >= 11 is 0. The van der Waals surface area contributed by atoms with Crippen molar-refractivity contribution in [2.45, 2.75) is 20.3 Å². The van der Waals surface area contributed by atoms with Crippen LogP contribution in [0.5, 0.6) is 0 Å². The molecule has 2 aromatic rings. The third kappa shape index (κ3) is 2.79. The largest absolute Gasteiger partial charge is 0.356 e. The van der Waals surface area contributed by atoms with E-state index >= 15 is 0 Å². The molecule has 0 aliphatic rings. The average molecular weight is 259 g/mol. The van der Waals surface area contributed by atoms with E-state index in [0.717, 1.165) is 12.1 Å². The number of para-hydroxylation sites is 1. The number of hydrogen-bond donors (Lipinski definition) is 1. The second-order valence-electron chi connectivity index (χ2n) is 4.22. The maximum Gasteiger partial charge on any atom is 0.356 e. The zero-order valence-electron chi connectivity index (χ0n) is 11.1. The van der Waals surface area contributed by atoms with E-state index < -0.39 is 0 Å². The van der Waals surface area contributed by atoms with E-state index in [1.165, 1.54) is 9.58 Å². The van der Waals surface area contributed by atoms with Crippen LogP contribution in [0, 0.1) is 6.92 Å². The van der Waals surface area contributed by atoms with Crippen molar-refractivity contribution in [3.8, 4) is 5.69 Å². The lowest BCUT2D eigenvalue weighted by Crippen LogP contribution is -2.37. The highest BCUT2D eigenvalue weighted by Gasteiger charge is 2.11. The summed E-state index contributed by atoms with van der Waals surface area (Å²) in [7, 11) is 0. The molecular formula is C13H17N5O. The summed E-state index contributed by atoms with van der Waals surface area (Å²) in [4.78, 5) is 20.3. The minimum atomic E-state index is -0.375. The molecule has 19 heavy (non-hydrogen) atoms. The van der Waals surface area contributed by atoms with Crippen LogP contribution < -0.4 is 16.5 Å². The van der Waals surface area contributed by atoms with Crippen LogP contribution in [-0.2, 0) is 0 Å². The van der Waals surface area contributed by atoms with E-state index in [2.05, 4.69) is 9.97 Å². The van der Waals surface area contributed by atoms with Crippen molar-refractivity contribution in [3.63, 3.8) is 0 Å². The van der Waals surface area contributed by atoms with Crippen molar-refractivity contribution >= 4 is 5.95 Å². The van der Waals surface area contributed by atoms with Gasteiger partial charge in [0.25, 0.3) is 0 Å². The molecule has 0 amide bonds. The molecule has 0 bridgehead atoms. The van der Waals surface area contributed by atoms with E-state index in [0.29, 0.717) is 12.4 Å². The SMILES string of the molecule is CCCN(N)c1nc(C)n(-c2ccccc2)c(=O)n1. The molecule has 0 unspecified atom stereocenters. The van der Waals surface area contributed by atoms with Crippen molar-refractivity contribution in [2.75, 3.05) is 11.6 Å². The highest BCUT2D eigenvalue weighted by atomic mass is 16.1. The predicted molar refractivity (Wildman–Crippen MR) is 74.2 cm³/mol. The molecule has 0 saturated carbocycles. The van der Waals surface area contributed by atoms with Gasteiger partial charge in [-0.15, -0.1) is 0 Å². The molecular weight excluding hydrogens is 242 g/mol. The van der Waals surface area contributed by atoms with E-state index in [9.17, 15) is 4.79 Å². The molecule has 1 heterocycles. The highest BCUT2D eigenvalue weighted by molar-refractivity contribution is 5.34. The fraction of sp³-hybridized carbons (Fsp3) is 0.308. The van der Waals surface area contributed by atoms with Crippen LogP contribution in [0.25, 0.3) is 5.69 Å². The number of nitrogens with two attached hydrogens (primary N) is 1. The maximum atomic E-state index is 12.1. The summed E-state index contributed by atoms with van der Waals surface area (Å²) in [5.74, 6) is 6.62. The van der Waals surface area contributed by atoms with E-state index in [1.54, 1.807) is 6.92 Å². The molecule has 0 radical (unpaired) electrons. The molecule has 100 valence electrons. The van der Waals surface area contributed by atoms with E-state index in [1.807, 2.05) is 37.3 Å². The molecule has 0 saturated heterocycles. The molecule has 6 heteroatoms. The quantitative estimate of drug-likeness (QED) is 0.655. The summed E-state index contributed by atoms with van der Waals surface area (Å²) in [6, 6.07) is 9.29. The first-order valence-corrected chi connectivity index (χ1v) is 6.19. The van der Waals surface area contributed by atoms with Crippen LogP contribution in [0.1, 0.15) is 19.2 Å². The fourth-order valence-corrected chi connectivity index (χ4v) is 1.84. The Bertz CT molecular complexity index is 608. The summed E-state index contributed by atoms with van der Waals surface area (Å²) < 4.78 is 1.46. The first-order chi connectivity index (χ1) is 9.13. The van der Waals surface area contributed by atoms with Gasteiger partial charge in [-0.05, 0) is 25.5 Å². The third-order valence-electron chi connectivity index (χ3n) is 2.71. The van der Waals surface area contributed by atoms with Crippen molar-refractivity contribution in [1.29, 1.82) is 0 Å². The normalized spacial score (nSPS) is 10.5. The number of anilines is 1. The molecule has 0 aliphatic heterocycles. The molecule has 6 nitrogen and oxygen atoms in total. The highest BCUT2D eigenvalue weighted by Crippen LogP contribution is 2.08. The number of hydrogen-bond acceptors (Lipinski definition) is 5. The van der Waals surface area contributed by atoms with Gasteiger partial charge in [-0.1, -0.05) is 25.1 Å². The summed E-state index contributed by atoms with van der Waals surface area (Å²) in [5.41, 5.74) is 0.371. The molecule has 0 fully saturated rings. The Hall–Kier alpha value is -2.21. The van der Waals surface area contributed by atoms with Gasteiger partial charge in [0.1, 0.15) is 5.82 Å². The van der Waals surface area contributed by atoms with Gasteiger partial charge in [-0.3, -0.25) is 5.01 Å². The Labute approximate surface area is 111 Å². The summed E-state index contributed by atoms with van der Waals surface area (Å²) in [6.45, 7) is 4.37. The van der Waals surface area contributed by atoms with Crippen LogP contribution in [0.4, 0.5) is 5.95 Å². The van der Waals surface area contributed by atoms with Crippen molar-refractivity contribution in [2.24, 2.45) is 5.84 Å². The third-order valence-corrected chi connectivity index (χ3v) is 2.71. The lowest BCUT2D eigenvalue weighted by Gasteiger charge is -2.16. The summed E-state index contributed by atoms with van der Waals surface area (Å²) in [6.07, 6.45) is 0.862. The second kappa shape index (κ2) is 5.62. The number of aromatic nitrogens is 3. The van der Waals surface area contributed by atoms with E-state index in [-0.39, 0.29) is 11.6 Å². The van der Waals surface area contributed by atoms with E-state index in [4.69, 9.17) is 5.84 Å². The Balaban J connectivity index is 2.47. The van der Waals surface area contributed by atoms with Gasteiger partial charge >= 0.3 is 5.69 Å². The zero-order valence-corrected chi connectivity index (χ0v) is 11.1. The number of nitrogens with zero attached hydrogens (tertiary/aromatic N) is 4. The Morgan fingerprint density at radius 3 is 2.53 bits per heavy atom. The monoisotopic (exact) mass is 259 g/mol. The van der Waals surface area contributed by atoms with Crippen molar-refractivity contribution in [3.05, 3.63) is 46.6 Å². The minimum Gasteiger partial charge on any atom is -0.279 e. The van der Waals surface area contributed by atoms with Crippen LogP contribution in [0.2, 0.25) is 0 Å². The first kappa shape index (κ1) is 13.2. The Kier molecular flexibility index (Phi) is 3.91. The van der Waals surface area contributed by atoms with Crippen LogP contribution >= 0.6 is 0 Å². The number of benzene rings is 1. The molecule has 1 aromatic heterocycles. The number of rotatable bonds is 4. The average Bonchev–Trinajstić information content (AvgIpc) is 2.39. The fourth-order valence-electron chi connectivity index (χ4n) is 1.84. The molecule has 0 spiro atoms. The van der Waals surface area contributed by atoms with Crippen LogP contribution in [0.3, 0.4) is 0 Å². The topological polar surface area (TPSA) is 77.0 Å². The maximum absolute atomic E-state index is 12.1. The standard InChI is InChI=1S/C13H17N5O/c1-3-9-17(14)12-15-10(2)18(13(19)16-12)11-7-5-4-6-8-11/h4-8H,3,9,14H2,1-2H3. The van der Waals surface area contributed by atoms with Gasteiger partial charge in [-0.25, -0.2) is 15.2 Å². The summed E-state index contributed by atoms with van der Waals surface area (Å²) in [5, 5.41) is 1.39. The molecule has 2 N–H and O–H groups in total. The first-order valence-electron chi connectivity index (χ1n) is 6.19. The Morgan fingerprint density at radius 1 is 1.26 bits per heavy atom.